The molecule has 1 aromatic carbocycles. The summed E-state index contributed by atoms with van der Waals surface area (Å²) in [6.45, 7) is 2.11. The maximum absolute atomic E-state index is 12.2. The van der Waals surface area contributed by atoms with Gasteiger partial charge in [0.2, 0.25) is 0 Å². The topological polar surface area (TPSA) is 29.1 Å². The van der Waals surface area contributed by atoms with E-state index in [9.17, 15) is 4.79 Å². The summed E-state index contributed by atoms with van der Waals surface area (Å²) in [5, 5.41) is 3.60. The molecule has 17 heavy (non-hydrogen) atoms. The molecule has 1 amide bonds. The molecule has 1 aromatic rings. The summed E-state index contributed by atoms with van der Waals surface area (Å²) in [6.07, 6.45) is 4.31. The van der Waals surface area contributed by atoms with Gasteiger partial charge in [0.25, 0.3) is 5.91 Å². The molecule has 0 atom stereocenters. The molecule has 0 aliphatic heterocycles. The van der Waals surface area contributed by atoms with E-state index in [1.807, 2.05) is 12.1 Å². The van der Waals surface area contributed by atoms with Crippen LogP contribution in [0.4, 0.5) is 0 Å². The molecule has 0 heterocycles. The molecular weight excluding hydrogens is 302 g/mol. The number of carbonyl (C=O) groups is 1. The Labute approximate surface area is 115 Å². The van der Waals surface area contributed by atoms with Crippen LogP contribution in [0.2, 0.25) is 5.02 Å². The molecule has 0 saturated heterocycles. The van der Waals surface area contributed by atoms with Gasteiger partial charge in [0.1, 0.15) is 0 Å². The van der Waals surface area contributed by atoms with Gasteiger partial charge in [0.05, 0.1) is 10.6 Å². The smallest absolute Gasteiger partial charge is 0.253 e. The van der Waals surface area contributed by atoms with Crippen LogP contribution in [0.3, 0.4) is 0 Å². The molecule has 1 aliphatic rings. The highest BCUT2D eigenvalue weighted by Crippen LogP contribution is 2.35. The summed E-state index contributed by atoms with van der Waals surface area (Å²) < 4.78 is 0.756. The highest BCUT2D eigenvalue weighted by atomic mass is 79.9. The Morgan fingerprint density at radius 2 is 2.24 bits per heavy atom. The van der Waals surface area contributed by atoms with Gasteiger partial charge in [-0.3, -0.25) is 4.79 Å². The SMILES string of the molecule is CCC1(NC(=O)c2cccc(Br)c2Cl)CCC1. The Hall–Kier alpha value is -0.540. The van der Waals surface area contributed by atoms with Gasteiger partial charge >= 0.3 is 0 Å². The van der Waals surface area contributed by atoms with Crippen LogP contribution in [0.5, 0.6) is 0 Å². The molecular formula is C13H15BrClNO. The summed E-state index contributed by atoms with van der Waals surface area (Å²) >= 11 is 9.44. The number of rotatable bonds is 3. The molecule has 0 bridgehead atoms. The number of halogens is 2. The summed E-state index contributed by atoms with van der Waals surface area (Å²) in [5.74, 6) is -0.0714. The molecule has 1 aliphatic carbocycles. The van der Waals surface area contributed by atoms with Crippen molar-refractivity contribution in [3.05, 3.63) is 33.3 Å². The number of carbonyl (C=O) groups excluding carboxylic acids is 1. The number of hydrogen-bond acceptors (Lipinski definition) is 1. The fourth-order valence-electron chi connectivity index (χ4n) is 2.16. The minimum atomic E-state index is -0.0714. The van der Waals surface area contributed by atoms with Gasteiger partial charge < -0.3 is 5.32 Å². The van der Waals surface area contributed by atoms with Gasteiger partial charge in [-0.05, 0) is 53.7 Å². The van der Waals surface area contributed by atoms with Crippen LogP contribution < -0.4 is 5.32 Å². The van der Waals surface area contributed by atoms with Gasteiger partial charge in [0.15, 0.2) is 0 Å². The van der Waals surface area contributed by atoms with E-state index in [0.29, 0.717) is 10.6 Å². The second-order valence-corrected chi connectivity index (χ2v) is 5.78. The molecule has 4 heteroatoms. The van der Waals surface area contributed by atoms with E-state index >= 15 is 0 Å². The summed E-state index contributed by atoms with van der Waals surface area (Å²) in [4.78, 5) is 12.2. The summed E-state index contributed by atoms with van der Waals surface area (Å²) in [6, 6.07) is 5.41. The Kier molecular flexibility index (Phi) is 3.79. The third kappa shape index (κ3) is 2.50. The van der Waals surface area contributed by atoms with E-state index in [1.165, 1.54) is 6.42 Å². The first-order valence-corrected chi connectivity index (χ1v) is 7.01. The van der Waals surface area contributed by atoms with Gasteiger partial charge in [-0.25, -0.2) is 0 Å². The van der Waals surface area contributed by atoms with Crippen LogP contribution in [-0.2, 0) is 0 Å². The highest BCUT2D eigenvalue weighted by Gasteiger charge is 2.36. The van der Waals surface area contributed by atoms with E-state index < -0.39 is 0 Å². The lowest BCUT2D eigenvalue weighted by atomic mass is 9.74. The fraction of sp³-hybridized carbons (Fsp3) is 0.462. The summed E-state index contributed by atoms with van der Waals surface area (Å²) in [5.41, 5.74) is 0.545. The van der Waals surface area contributed by atoms with Crippen molar-refractivity contribution in [1.82, 2.24) is 5.32 Å². The monoisotopic (exact) mass is 315 g/mol. The van der Waals surface area contributed by atoms with Crippen LogP contribution in [0.25, 0.3) is 0 Å². The number of amides is 1. The first-order chi connectivity index (χ1) is 8.08. The highest BCUT2D eigenvalue weighted by molar-refractivity contribution is 9.10. The quantitative estimate of drug-likeness (QED) is 0.891. The summed E-state index contributed by atoms with van der Waals surface area (Å²) in [7, 11) is 0. The van der Waals surface area contributed by atoms with Crippen LogP contribution in [-0.4, -0.2) is 11.4 Å². The molecule has 2 nitrogen and oxygen atoms in total. The van der Waals surface area contributed by atoms with Gasteiger partial charge in [-0.1, -0.05) is 24.6 Å². The normalized spacial score (nSPS) is 17.4. The van der Waals surface area contributed by atoms with E-state index in [4.69, 9.17) is 11.6 Å². The van der Waals surface area contributed by atoms with Crippen LogP contribution >= 0.6 is 27.5 Å². The van der Waals surface area contributed by atoms with Crippen LogP contribution in [0.15, 0.2) is 22.7 Å². The first-order valence-electron chi connectivity index (χ1n) is 5.84. The molecule has 1 saturated carbocycles. The average Bonchev–Trinajstić information content (AvgIpc) is 2.27. The molecule has 92 valence electrons. The minimum absolute atomic E-state index is 0.00271. The number of benzene rings is 1. The van der Waals surface area contributed by atoms with Crippen molar-refractivity contribution in [2.24, 2.45) is 0 Å². The maximum Gasteiger partial charge on any atom is 0.253 e. The lowest BCUT2D eigenvalue weighted by molar-refractivity contribution is 0.0820. The van der Waals surface area contributed by atoms with Crippen molar-refractivity contribution >= 4 is 33.4 Å². The van der Waals surface area contributed by atoms with Crippen molar-refractivity contribution in [3.63, 3.8) is 0 Å². The lowest BCUT2D eigenvalue weighted by Crippen LogP contribution is -2.53. The standard InChI is InChI=1S/C13H15BrClNO/c1-2-13(7-4-8-13)16-12(17)9-5-3-6-10(14)11(9)15/h3,5-6H,2,4,7-8H2,1H3,(H,16,17). The molecule has 1 N–H and O–H groups in total. The fourth-order valence-corrected chi connectivity index (χ4v) is 2.74. The molecule has 0 aromatic heterocycles. The van der Waals surface area contributed by atoms with E-state index in [0.717, 1.165) is 23.7 Å². The molecule has 0 unspecified atom stereocenters. The Balaban J connectivity index is 2.17. The molecule has 1 fully saturated rings. The molecule has 0 radical (unpaired) electrons. The largest absolute Gasteiger partial charge is 0.347 e. The van der Waals surface area contributed by atoms with E-state index in [-0.39, 0.29) is 11.4 Å². The first kappa shape index (κ1) is 12.9. The van der Waals surface area contributed by atoms with Crippen molar-refractivity contribution < 1.29 is 4.79 Å². The van der Waals surface area contributed by atoms with Gasteiger partial charge in [-0.15, -0.1) is 0 Å². The second-order valence-electron chi connectivity index (χ2n) is 4.54. The predicted molar refractivity (Wildman–Crippen MR) is 73.5 cm³/mol. The molecule has 0 spiro atoms. The zero-order valence-electron chi connectivity index (χ0n) is 9.72. The Morgan fingerprint density at radius 1 is 1.53 bits per heavy atom. The lowest BCUT2D eigenvalue weighted by Gasteiger charge is -2.42. The van der Waals surface area contributed by atoms with Crippen LogP contribution in [0.1, 0.15) is 43.0 Å². The number of hydrogen-bond donors (Lipinski definition) is 1. The number of nitrogens with one attached hydrogen (secondary N) is 1. The van der Waals surface area contributed by atoms with Crippen molar-refractivity contribution in [2.45, 2.75) is 38.1 Å². The Morgan fingerprint density at radius 3 is 2.76 bits per heavy atom. The van der Waals surface area contributed by atoms with E-state index in [2.05, 4.69) is 28.2 Å². The predicted octanol–water partition coefficient (Wildman–Crippen LogP) is 4.17. The second kappa shape index (κ2) is 4.99. The Bertz CT molecular complexity index is 438. The van der Waals surface area contributed by atoms with Crippen LogP contribution in [0, 0.1) is 0 Å². The van der Waals surface area contributed by atoms with Gasteiger partial charge in [0, 0.05) is 10.0 Å². The molecule has 2 rings (SSSR count). The third-order valence-corrected chi connectivity index (χ3v) is 4.86. The zero-order valence-corrected chi connectivity index (χ0v) is 12.1. The maximum atomic E-state index is 12.2. The van der Waals surface area contributed by atoms with E-state index in [1.54, 1.807) is 6.07 Å². The van der Waals surface area contributed by atoms with Crippen molar-refractivity contribution in [2.75, 3.05) is 0 Å². The zero-order chi connectivity index (χ0) is 12.5. The van der Waals surface area contributed by atoms with Gasteiger partial charge in [-0.2, -0.15) is 0 Å². The minimum Gasteiger partial charge on any atom is -0.347 e. The van der Waals surface area contributed by atoms with Crippen molar-refractivity contribution in [1.29, 1.82) is 0 Å². The third-order valence-electron chi connectivity index (χ3n) is 3.56. The van der Waals surface area contributed by atoms with Crippen molar-refractivity contribution in [3.8, 4) is 0 Å². The average molecular weight is 317 g/mol.